The lowest BCUT2D eigenvalue weighted by molar-refractivity contribution is -0.141. The van der Waals surface area contributed by atoms with E-state index in [4.69, 9.17) is 10.5 Å². The molecule has 0 spiro atoms. The number of carboxylic acid groups (broad SMARTS) is 1. The number of carbonyl (C=O) groups excluding carboxylic acids is 1. The van der Waals surface area contributed by atoms with Crippen molar-refractivity contribution in [3.8, 4) is 5.75 Å². The fraction of sp³-hybridized carbons (Fsp3) is 0.321. The van der Waals surface area contributed by atoms with Crippen molar-refractivity contribution in [2.75, 3.05) is 25.9 Å². The van der Waals surface area contributed by atoms with Crippen molar-refractivity contribution in [2.45, 2.75) is 37.5 Å². The Morgan fingerprint density at radius 3 is 2.68 bits per heavy atom. The van der Waals surface area contributed by atoms with Gasteiger partial charge in [0.2, 0.25) is 0 Å². The Morgan fingerprint density at radius 2 is 1.97 bits per heavy atom. The second-order valence-corrected chi connectivity index (χ2v) is 9.25. The van der Waals surface area contributed by atoms with Crippen molar-refractivity contribution in [1.82, 2.24) is 15.2 Å². The number of aliphatic hydroxyl groups is 1. The van der Waals surface area contributed by atoms with Crippen LogP contribution in [0.1, 0.15) is 39.6 Å². The Morgan fingerprint density at radius 1 is 1.19 bits per heavy atom. The van der Waals surface area contributed by atoms with Gasteiger partial charge in [0.25, 0.3) is 5.91 Å². The summed E-state index contributed by atoms with van der Waals surface area (Å²) >= 11 is 0. The zero-order chi connectivity index (χ0) is 26.4. The Kier molecular flexibility index (Phi) is 8.37. The first-order valence-electron chi connectivity index (χ1n) is 12.3. The molecule has 5 N–H and O–H groups in total. The number of aromatic nitrogens is 1. The van der Waals surface area contributed by atoms with Crippen LogP contribution in [-0.2, 0) is 17.6 Å². The predicted molar refractivity (Wildman–Crippen MR) is 139 cm³/mol. The quantitative estimate of drug-likeness (QED) is 0.330. The highest BCUT2D eigenvalue weighted by Crippen LogP contribution is 2.29. The van der Waals surface area contributed by atoms with Gasteiger partial charge < -0.3 is 30.9 Å². The highest BCUT2D eigenvalue weighted by atomic mass is 16.5. The summed E-state index contributed by atoms with van der Waals surface area (Å²) < 4.78 is 6.10. The van der Waals surface area contributed by atoms with Gasteiger partial charge in [-0.15, -0.1) is 0 Å². The Labute approximate surface area is 215 Å². The topological polar surface area (TPSA) is 138 Å². The molecule has 4 rings (SSSR count). The second-order valence-electron chi connectivity index (χ2n) is 9.25. The van der Waals surface area contributed by atoms with Gasteiger partial charge in [0.15, 0.2) is 0 Å². The minimum Gasteiger partial charge on any atom is -0.489 e. The van der Waals surface area contributed by atoms with Gasteiger partial charge in [-0.05, 0) is 48.2 Å². The number of aliphatic carboxylic acids is 1. The van der Waals surface area contributed by atoms with Gasteiger partial charge in [0, 0.05) is 43.9 Å². The summed E-state index contributed by atoms with van der Waals surface area (Å²) in [5, 5.41) is 23.3. The fourth-order valence-corrected chi connectivity index (χ4v) is 4.41. The van der Waals surface area contributed by atoms with E-state index >= 15 is 0 Å². The lowest BCUT2D eigenvalue weighted by atomic mass is 9.98. The summed E-state index contributed by atoms with van der Waals surface area (Å²) in [6.07, 6.45) is 2.49. The number of likely N-dealkylation sites (N-methyl/N-ethyl adjacent to an activating group) is 1. The SMILES string of the molecule is CN(C(=O)c1ccc2c(c1)CCC(CNCC(O)c1ccc(N)nc1)O2)C(Cc1ccccc1)C(=O)O. The summed E-state index contributed by atoms with van der Waals surface area (Å²) in [5.74, 6) is -0.279. The molecule has 3 aromatic rings. The molecule has 0 aliphatic carbocycles. The van der Waals surface area contributed by atoms with Crippen LogP contribution in [0.2, 0.25) is 0 Å². The van der Waals surface area contributed by atoms with Crippen molar-refractivity contribution < 1.29 is 24.5 Å². The first-order chi connectivity index (χ1) is 17.8. The third-order valence-corrected chi connectivity index (χ3v) is 6.59. The summed E-state index contributed by atoms with van der Waals surface area (Å²) in [4.78, 5) is 30.4. The van der Waals surface area contributed by atoms with Gasteiger partial charge in [-0.3, -0.25) is 4.79 Å². The van der Waals surface area contributed by atoms with Crippen LogP contribution < -0.4 is 15.8 Å². The number of nitrogens with zero attached hydrogens (tertiary/aromatic N) is 2. The second kappa shape index (κ2) is 11.9. The first kappa shape index (κ1) is 26.1. The fourth-order valence-electron chi connectivity index (χ4n) is 4.41. The number of nitrogens with two attached hydrogens (primary N) is 1. The van der Waals surface area contributed by atoms with Crippen LogP contribution in [0.25, 0.3) is 0 Å². The minimum absolute atomic E-state index is 0.0734. The zero-order valence-corrected chi connectivity index (χ0v) is 20.7. The van der Waals surface area contributed by atoms with Crippen LogP contribution in [0.5, 0.6) is 5.75 Å². The number of ether oxygens (including phenoxy) is 1. The molecule has 0 fully saturated rings. The number of fused-ring (bicyclic) bond motifs is 1. The molecule has 0 bridgehead atoms. The highest BCUT2D eigenvalue weighted by molar-refractivity contribution is 5.96. The monoisotopic (exact) mass is 504 g/mol. The number of amides is 1. The standard InChI is InChI=1S/C28H32N4O5/c1-32(23(28(35)36)13-18-5-3-2-4-6-18)27(34)20-8-11-25-19(14-20)7-10-22(37-25)16-30-17-24(33)21-9-12-26(29)31-15-21/h2-6,8-9,11-12,14-15,22-24,30,33H,7,10,13,16-17H2,1H3,(H2,29,31)(H,35,36). The highest BCUT2D eigenvalue weighted by Gasteiger charge is 2.29. The molecule has 9 heteroatoms. The van der Waals surface area contributed by atoms with Gasteiger partial charge in [-0.2, -0.15) is 0 Å². The molecule has 3 unspecified atom stereocenters. The van der Waals surface area contributed by atoms with E-state index in [2.05, 4.69) is 10.3 Å². The van der Waals surface area contributed by atoms with Crippen molar-refractivity contribution in [3.05, 3.63) is 89.1 Å². The first-order valence-corrected chi connectivity index (χ1v) is 12.3. The number of anilines is 1. The van der Waals surface area contributed by atoms with Crippen molar-refractivity contribution in [2.24, 2.45) is 0 Å². The number of hydrogen-bond acceptors (Lipinski definition) is 7. The van der Waals surface area contributed by atoms with Crippen LogP contribution in [0.4, 0.5) is 5.82 Å². The van der Waals surface area contributed by atoms with Gasteiger partial charge in [0.05, 0.1) is 6.10 Å². The van der Waals surface area contributed by atoms with E-state index in [0.29, 0.717) is 35.8 Å². The molecule has 0 radical (unpaired) electrons. The van der Waals surface area contributed by atoms with Crippen LogP contribution in [0.15, 0.2) is 66.9 Å². The van der Waals surface area contributed by atoms with Gasteiger partial charge >= 0.3 is 5.97 Å². The molecule has 0 saturated carbocycles. The summed E-state index contributed by atoms with van der Waals surface area (Å²) in [6.45, 7) is 0.911. The van der Waals surface area contributed by atoms with E-state index in [1.165, 1.54) is 11.9 Å². The van der Waals surface area contributed by atoms with Gasteiger partial charge in [-0.25, -0.2) is 9.78 Å². The van der Waals surface area contributed by atoms with Crippen LogP contribution in [-0.4, -0.2) is 64.3 Å². The maximum absolute atomic E-state index is 13.1. The average molecular weight is 505 g/mol. The molecule has 2 aromatic carbocycles. The Balaban J connectivity index is 1.33. The molecule has 1 aromatic heterocycles. The molecule has 1 amide bonds. The molecule has 2 heterocycles. The molecule has 0 saturated heterocycles. The largest absolute Gasteiger partial charge is 0.489 e. The maximum Gasteiger partial charge on any atom is 0.326 e. The third-order valence-electron chi connectivity index (χ3n) is 6.59. The normalized spacial score (nSPS) is 16.2. The molecular weight excluding hydrogens is 472 g/mol. The van der Waals surface area contributed by atoms with Crippen LogP contribution in [0.3, 0.4) is 0 Å². The molecule has 9 nitrogen and oxygen atoms in total. The molecule has 194 valence electrons. The van der Waals surface area contributed by atoms with Gasteiger partial charge in [0.1, 0.15) is 23.7 Å². The van der Waals surface area contributed by atoms with Crippen molar-refractivity contribution >= 4 is 17.7 Å². The van der Waals surface area contributed by atoms with Crippen molar-refractivity contribution in [3.63, 3.8) is 0 Å². The van der Waals surface area contributed by atoms with E-state index < -0.39 is 18.1 Å². The lowest BCUT2D eigenvalue weighted by Gasteiger charge is -2.28. The smallest absolute Gasteiger partial charge is 0.326 e. The third kappa shape index (κ3) is 6.63. The molecule has 1 aliphatic heterocycles. The number of nitrogen functional groups attached to an aromatic ring is 1. The molecule has 3 atom stereocenters. The molecular formula is C28H32N4O5. The molecule has 37 heavy (non-hydrogen) atoms. The minimum atomic E-state index is -1.05. The number of pyridine rings is 1. The number of benzene rings is 2. The van der Waals surface area contributed by atoms with Crippen molar-refractivity contribution in [1.29, 1.82) is 0 Å². The Hall–Kier alpha value is -3.95. The maximum atomic E-state index is 13.1. The van der Waals surface area contributed by atoms with E-state index in [1.807, 2.05) is 30.3 Å². The zero-order valence-electron chi connectivity index (χ0n) is 20.7. The van der Waals surface area contributed by atoms with Crippen LogP contribution >= 0.6 is 0 Å². The number of rotatable bonds is 10. The number of carbonyl (C=O) groups is 2. The summed E-state index contributed by atoms with van der Waals surface area (Å²) in [6, 6.07) is 16.9. The van der Waals surface area contributed by atoms with E-state index in [-0.39, 0.29) is 18.4 Å². The predicted octanol–water partition coefficient (Wildman–Crippen LogP) is 2.45. The van der Waals surface area contributed by atoms with E-state index in [9.17, 15) is 19.8 Å². The van der Waals surface area contributed by atoms with E-state index in [0.717, 1.165) is 24.0 Å². The lowest BCUT2D eigenvalue weighted by Crippen LogP contribution is -2.44. The number of aryl methyl sites for hydroxylation is 1. The number of carboxylic acids is 1. The van der Waals surface area contributed by atoms with E-state index in [1.54, 1.807) is 36.5 Å². The average Bonchev–Trinajstić information content (AvgIpc) is 2.91. The number of aliphatic hydroxyl groups excluding tert-OH is 1. The van der Waals surface area contributed by atoms with Crippen LogP contribution in [0, 0.1) is 0 Å². The summed E-state index contributed by atoms with van der Waals surface area (Å²) in [5.41, 5.74) is 8.47. The molecule has 1 aliphatic rings. The number of nitrogens with one attached hydrogen (secondary N) is 1. The van der Waals surface area contributed by atoms with Gasteiger partial charge in [-0.1, -0.05) is 36.4 Å². The number of hydrogen-bond donors (Lipinski definition) is 4. The Bertz CT molecular complexity index is 1220. The summed E-state index contributed by atoms with van der Waals surface area (Å²) in [7, 11) is 1.52.